The SMILES string of the molecule is CC(C)CCCNC(=O)C1(CN)CCOCC1.Cl. The Bertz CT molecular complexity index is 241. The number of halogens is 1. The summed E-state index contributed by atoms with van der Waals surface area (Å²) in [7, 11) is 0. The standard InChI is InChI=1S/C13H26N2O2.ClH/c1-11(2)4-3-7-15-12(16)13(10-14)5-8-17-9-6-13;/h11H,3-10,14H2,1-2H3,(H,15,16);1H. The number of rotatable bonds is 6. The smallest absolute Gasteiger partial charge is 0.227 e. The molecule has 108 valence electrons. The Morgan fingerprint density at radius 1 is 1.39 bits per heavy atom. The van der Waals surface area contributed by atoms with Crippen LogP contribution in [0.2, 0.25) is 0 Å². The third-order valence-corrected chi connectivity index (χ3v) is 3.57. The summed E-state index contributed by atoms with van der Waals surface area (Å²) in [4.78, 5) is 12.1. The lowest BCUT2D eigenvalue weighted by Gasteiger charge is -2.34. The summed E-state index contributed by atoms with van der Waals surface area (Å²) in [5.41, 5.74) is 5.40. The number of ether oxygens (including phenoxy) is 1. The van der Waals surface area contributed by atoms with Crippen LogP contribution in [0.4, 0.5) is 0 Å². The zero-order valence-electron chi connectivity index (χ0n) is 11.5. The van der Waals surface area contributed by atoms with E-state index in [-0.39, 0.29) is 23.7 Å². The predicted molar refractivity (Wildman–Crippen MR) is 75.9 cm³/mol. The third kappa shape index (κ3) is 5.12. The van der Waals surface area contributed by atoms with Crippen molar-refractivity contribution in [2.75, 3.05) is 26.3 Å². The van der Waals surface area contributed by atoms with Crippen molar-refractivity contribution in [3.8, 4) is 0 Å². The van der Waals surface area contributed by atoms with E-state index >= 15 is 0 Å². The first-order valence-electron chi connectivity index (χ1n) is 6.67. The molecular weight excluding hydrogens is 252 g/mol. The van der Waals surface area contributed by atoms with Gasteiger partial charge >= 0.3 is 0 Å². The molecule has 0 aromatic heterocycles. The Morgan fingerprint density at radius 2 is 2.00 bits per heavy atom. The van der Waals surface area contributed by atoms with Gasteiger partial charge in [-0.1, -0.05) is 13.8 Å². The van der Waals surface area contributed by atoms with Crippen LogP contribution in [0.15, 0.2) is 0 Å². The summed E-state index contributed by atoms with van der Waals surface area (Å²) >= 11 is 0. The van der Waals surface area contributed by atoms with Gasteiger partial charge in [-0.25, -0.2) is 0 Å². The van der Waals surface area contributed by atoms with Crippen LogP contribution in [0.1, 0.15) is 39.5 Å². The van der Waals surface area contributed by atoms with E-state index < -0.39 is 0 Å². The van der Waals surface area contributed by atoms with E-state index in [1.54, 1.807) is 0 Å². The van der Waals surface area contributed by atoms with Crippen LogP contribution >= 0.6 is 12.4 Å². The molecule has 1 fully saturated rings. The van der Waals surface area contributed by atoms with Gasteiger partial charge in [-0.3, -0.25) is 4.79 Å². The van der Waals surface area contributed by atoms with Crippen LogP contribution in [0.25, 0.3) is 0 Å². The molecule has 18 heavy (non-hydrogen) atoms. The third-order valence-electron chi connectivity index (χ3n) is 3.57. The quantitative estimate of drug-likeness (QED) is 0.727. The van der Waals surface area contributed by atoms with Gasteiger partial charge in [-0.05, 0) is 31.6 Å². The molecule has 1 aliphatic rings. The lowest BCUT2D eigenvalue weighted by molar-refractivity contribution is -0.135. The molecule has 0 radical (unpaired) electrons. The van der Waals surface area contributed by atoms with E-state index in [0.717, 1.165) is 32.2 Å². The molecule has 4 nitrogen and oxygen atoms in total. The minimum Gasteiger partial charge on any atom is -0.381 e. The summed E-state index contributed by atoms with van der Waals surface area (Å²) in [6.45, 7) is 6.88. The molecule has 0 unspecified atom stereocenters. The van der Waals surface area contributed by atoms with Crippen LogP contribution in [-0.2, 0) is 9.53 Å². The fourth-order valence-corrected chi connectivity index (χ4v) is 2.19. The van der Waals surface area contributed by atoms with Crippen molar-refractivity contribution >= 4 is 18.3 Å². The molecule has 0 aromatic carbocycles. The predicted octanol–water partition coefficient (Wildman–Crippen LogP) is 1.72. The number of nitrogens with two attached hydrogens (primary N) is 1. The zero-order chi connectivity index (χ0) is 12.7. The molecule has 3 N–H and O–H groups in total. The fraction of sp³-hybridized carbons (Fsp3) is 0.923. The highest BCUT2D eigenvalue weighted by molar-refractivity contribution is 5.85. The Kier molecular flexibility index (Phi) is 8.57. The summed E-state index contributed by atoms with van der Waals surface area (Å²) in [6.07, 6.45) is 3.69. The van der Waals surface area contributed by atoms with Crippen molar-refractivity contribution in [2.24, 2.45) is 17.1 Å². The first-order chi connectivity index (χ1) is 8.10. The second kappa shape index (κ2) is 8.73. The van der Waals surface area contributed by atoms with Crippen molar-refractivity contribution in [2.45, 2.75) is 39.5 Å². The van der Waals surface area contributed by atoms with Crippen LogP contribution in [0.5, 0.6) is 0 Å². The van der Waals surface area contributed by atoms with Crippen molar-refractivity contribution in [3.05, 3.63) is 0 Å². The van der Waals surface area contributed by atoms with Gasteiger partial charge in [0.2, 0.25) is 5.91 Å². The maximum Gasteiger partial charge on any atom is 0.227 e. The van der Waals surface area contributed by atoms with Gasteiger partial charge in [0.05, 0.1) is 5.41 Å². The summed E-state index contributed by atoms with van der Waals surface area (Å²) in [6, 6.07) is 0. The van der Waals surface area contributed by atoms with Gasteiger partial charge in [-0.2, -0.15) is 0 Å². The van der Waals surface area contributed by atoms with Gasteiger partial charge in [0, 0.05) is 26.3 Å². The first-order valence-corrected chi connectivity index (χ1v) is 6.67. The minimum atomic E-state index is -0.379. The van der Waals surface area contributed by atoms with Crippen molar-refractivity contribution in [1.29, 1.82) is 0 Å². The van der Waals surface area contributed by atoms with E-state index in [0.29, 0.717) is 25.7 Å². The molecule has 0 spiro atoms. The van der Waals surface area contributed by atoms with Gasteiger partial charge in [-0.15, -0.1) is 12.4 Å². The van der Waals surface area contributed by atoms with Crippen molar-refractivity contribution in [1.82, 2.24) is 5.32 Å². The largest absolute Gasteiger partial charge is 0.381 e. The molecule has 5 heteroatoms. The van der Waals surface area contributed by atoms with Gasteiger partial charge in [0.25, 0.3) is 0 Å². The molecule has 0 aromatic rings. The average molecular weight is 279 g/mol. The Morgan fingerprint density at radius 3 is 2.50 bits per heavy atom. The highest BCUT2D eigenvalue weighted by Crippen LogP contribution is 2.29. The first kappa shape index (κ1) is 17.7. The molecule has 0 saturated carbocycles. The molecule has 1 rings (SSSR count). The Hall–Kier alpha value is -0.320. The zero-order valence-corrected chi connectivity index (χ0v) is 12.4. The van der Waals surface area contributed by atoms with E-state index in [4.69, 9.17) is 10.5 Å². The lowest BCUT2D eigenvalue weighted by Crippen LogP contribution is -2.49. The second-order valence-electron chi connectivity index (χ2n) is 5.39. The molecule has 0 atom stereocenters. The van der Waals surface area contributed by atoms with Gasteiger partial charge in [0.1, 0.15) is 0 Å². The van der Waals surface area contributed by atoms with Crippen molar-refractivity contribution in [3.63, 3.8) is 0 Å². The Labute approximate surface area is 116 Å². The van der Waals surface area contributed by atoms with E-state index in [1.807, 2.05) is 0 Å². The summed E-state index contributed by atoms with van der Waals surface area (Å²) in [5.74, 6) is 0.811. The minimum absolute atomic E-state index is 0. The van der Waals surface area contributed by atoms with Gasteiger partial charge in [0.15, 0.2) is 0 Å². The number of hydrogen-bond acceptors (Lipinski definition) is 3. The van der Waals surface area contributed by atoms with Gasteiger partial charge < -0.3 is 15.8 Å². The topological polar surface area (TPSA) is 64.4 Å². The number of carbonyl (C=O) groups excluding carboxylic acids is 1. The van der Waals surface area contributed by atoms with Crippen LogP contribution in [0.3, 0.4) is 0 Å². The number of carbonyl (C=O) groups is 1. The number of nitrogens with one attached hydrogen (secondary N) is 1. The van der Waals surface area contributed by atoms with E-state index in [2.05, 4.69) is 19.2 Å². The maximum absolute atomic E-state index is 12.1. The number of hydrogen-bond donors (Lipinski definition) is 2. The fourth-order valence-electron chi connectivity index (χ4n) is 2.19. The Balaban J connectivity index is 0.00000289. The number of amides is 1. The van der Waals surface area contributed by atoms with E-state index in [9.17, 15) is 4.79 Å². The van der Waals surface area contributed by atoms with Crippen LogP contribution in [-0.4, -0.2) is 32.2 Å². The maximum atomic E-state index is 12.1. The van der Waals surface area contributed by atoms with Crippen molar-refractivity contribution < 1.29 is 9.53 Å². The second-order valence-corrected chi connectivity index (χ2v) is 5.39. The summed E-state index contributed by atoms with van der Waals surface area (Å²) in [5, 5.41) is 3.02. The average Bonchev–Trinajstić information content (AvgIpc) is 2.35. The molecule has 1 heterocycles. The molecule has 1 amide bonds. The molecule has 1 saturated heterocycles. The summed E-state index contributed by atoms with van der Waals surface area (Å²) < 4.78 is 5.30. The normalized spacial score (nSPS) is 18.2. The molecule has 0 aliphatic carbocycles. The highest BCUT2D eigenvalue weighted by atomic mass is 35.5. The van der Waals surface area contributed by atoms with E-state index in [1.165, 1.54) is 0 Å². The highest BCUT2D eigenvalue weighted by Gasteiger charge is 2.38. The van der Waals surface area contributed by atoms with Crippen LogP contribution in [0, 0.1) is 11.3 Å². The molecule has 1 aliphatic heterocycles. The van der Waals surface area contributed by atoms with Crippen LogP contribution < -0.4 is 11.1 Å². The lowest BCUT2D eigenvalue weighted by atomic mass is 9.79. The monoisotopic (exact) mass is 278 g/mol. The molecule has 0 bridgehead atoms. The molecular formula is C13H27ClN2O2.